The van der Waals surface area contributed by atoms with Crippen LogP contribution in [-0.2, 0) is 10.8 Å². The maximum absolute atomic E-state index is 2.50. The molecule has 0 radical (unpaired) electrons. The van der Waals surface area contributed by atoms with Crippen molar-refractivity contribution in [1.29, 1.82) is 0 Å². The fraction of sp³-hybridized carbons (Fsp3) is 0.241. The van der Waals surface area contributed by atoms with Gasteiger partial charge in [0.1, 0.15) is 0 Å². The van der Waals surface area contributed by atoms with Crippen LogP contribution in [0.5, 0.6) is 0 Å². The lowest BCUT2D eigenvalue weighted by molar-refractivity contribution is 0.590. The van der Waals surface area contributed by atoms with Crippen LogP contribution in [0, 0.1) is 0 Å². The number of benzene rings is 9. The van der Waals surface area contributed by atoms with E-state index in [0.717, 1.165) is 0 Å². The third kappa shape index (κ3) is 6.57. The Hall–Kier alpha value is -5.72. The van der Waals surface area contributed by atoms with E-state index in [1.807, 2.05) is 0 Å². The van der Waals surface area contributed by atoms with Gasteiger partial charge in [-0.2, -0.15) is 0 Å². The average molecular weight is 753 g/mol. The molecule has 0 aliphatic carbocycles. The highest BCUT2D eigenvalue weighted by atomic mass is 14.3. The standard InChI is InChI=1S/C58H56/c1-35(2)42-29-43(36(3)4)31-44(30-42)39-20-19-38-28-41(22-21-37(38)27-39)55-50-25-23-46(58(8,9)10)34-54(50)56(51-26-24-45(33-53(51)55)57(5,6)7)52-32-40-15-11-12-16-47(40)48-17-13-14-18-49(48)52/h11-36H,1-10H3. The molecule has 0 heterocycles. The Morgan fingerprint density at radius 1 is 0.328 bits per heavy atom. The van der Waals surface area contributed by atoms with Gasteiger partial charge in [0.2, 0.25) is 0 Å². The van der Waals surface area contributed by atoms with E-state index in [1.165, 1.54) is 109 Å². The second kappa shape index (κ2) is 14.0. The highest BCUT2D eigenvalue weighted by Gasteiger charge is 2.24. The van der Waals surface area contributed by atoms with Crippen LogP contribution in [0.1, 0.15) is 103 Å². The van der Waals surface area contributed by atoms with Crippen molar-refractivity contribution >= 4 is 53.9 Å². The van der Waals surface area contributed by atoms with Gasteiger partial charge in [0.25, 0.3) is 0 Å². The Labute approximate surface area is 345 Å². The monoisotopic (exact) mass is 752 g/mol. The van der Waals surface area contributed by atoms with E-state index in [0.29, 0.717) is 11.8 Å². The van der Waals surface area contributed by atoms with Crippen LogP contribution in [0.2, 0.25) is 0 Å². The zero-order chi connectivity index (χ0) is 40.7. The lowest BCUT2D eigenvalue weighted by Crippen LogP contribution is -2.11. The minimum absolute atomic E-state index is 0.00554. The molecule has 9 aromatic carbocycles. The van der Waals surface area contributed by atoms with Gasteiger partial charge in [-0.1, -0.05) is 184 Å². The van der Waals surface area contributed by atoms with Gasteiger partial charge in [-0.3, -0.25) is 0 Å². The molecule has 0 N–H and O–H groups in total. The van der Waals surface area contributed by atoms with Gasteiger partial charge < -0.3 is 0 Å². The minimum atomic E-state index is -0.00655. The Balaban J connectivity index is 1.35. The van der Waals surface area contributed by atoms with Crippen LogP contribution in [0.3, 0.4) is 0 Å². The summed E-state index contributed by atoms with van der Waals surface area (Å²) >= 11 is 0. The Bertz CT molecular complexity index is 3040. The average Bonchev–Trinajstić information content (AvgIpc) is 3.21. The fourth-order valence-corrected chi connectivity index (χ4v) is 9.11. The third-order valence-corrected chi connectivity index (χ3v) is 12.7. The molecule has 0 saturated carbocycles. The zero-order valence-electron chi connectivity index (χ0n) is 36.0. The zero-order valence-corrected chi connectivity index (χ0v) is 36.0. The molecular weight excluding hydrogens is 697 g/mol. The molecular formula is C58H56. The summed E-state index contributed by atoms with van der Waals surface area (Å²) < 4.78 is 0. The normalized spacial score (nSPS) is 12.6. The maximum Gasteiger partial charge on any atom is -0.00198 e. The van der Waals surface area contributed by atoms with Crippen molar-refractivity contribution in [2.75, 3.05) is 0 Å². The van der Waals surface area contributed by atoms with Gasteiger partial charge >= 0.3 is 0 Å². The molecule has 9 aromatic rings. The van der Waals surface area contributed by atoms with Gasteiger partial charge in [0, 0.05) is 0 Å². The first-order valence-corrected chi connectivity index (χ1v) is 21.3. The Morgan fingerprint density at radius 3 is 1.41 bits per heavy atom. The van der Waals surface area contributed by atoms with Gasteiger partial charge in [-0.15, -0.1) is 0 Å². The van der Waals surface area contributed by atoms with E-state index in [2.05, 4.69) is 215 Å². The first-order chi connectivity index (χ1) is 27.7. The summed E-state index contributed by atoms with van der Waals surface area (Å²) in [5.41, 5.74) is 13.2. The van der Waals surface area contributed by atoms with Crippen molar-refractivity contribution in [2.45, 2.75) is 91.9 Å². The largest absolute Gasteiger partial charge is 0.0616 e. The second-order valence-electron chi connectivity index (χ2n) is 19.4. The fourth-order valence-electron chi connectivity index (χ4n) is 9.11. The van der Waals surface area contributed by atoms with Crippen molar-refractivity contribution in [1.82, 2.24) is 0 Å². The van der Waals surface area contributed by atoms with Crippen LogP contribution in [0.15, 0.2) is 146 Å². The number of hydrogen-bond donors (Lipinski definition) is 0. The summed E-state index contributed by atoms with van der Waals surface area (Å²) in [6.07, 6.45) is 0. The quantitative estimate of drug-likeness (QED) is 0.121. The predicted molar refractivity (Wildman–Crippen MR) is 256 cm³/mol. The van der Waals surface area contributed by atoms with Crippen molar-refractivity contribution < 1.29 is 0 Å². The SMILES string of the molecule is CC(C)c1cc(-c2ccc3cc(-c4c5cc(C(C)(C)C)ccc5c(-c5cc6ccccc6c6ccccc56)c5cc(C(C)(C)C)ccc45)ccc3c2)cc(C(C)C)c1. The molecule has 0 amide bonds. The summed E-state index contributed by atoms with van der Waals surface area (Å²) in [5, 5.41) is 12.9. The highest BCUT2D eigenvalue weighted by Crippen LogP contribution is 2.49. The highest BCUT2D eigenvalue weighted by molar-refractivity contribution is 6.26. The molecule has 0 spiro atoms. The predicted octanol–water partition coefficient (Wildman–Crippen LogP) is 17.3. The van der Waals surface area contributed by atoms with Crippen molar-refractivity contribution in [3.8, 4) is 33.4 Å². The summed E-state index contributed by atoms with van der Waals surface area (Å²) in [6.45, 7) is 23.2. The molecule has 0 nitrogen and oxygen atoms in total. The summed E-state index contributed by atoms with van der Waals surface area (Å²) in [5.74, 6) is 0.962. The van der Waals surface area contributed by atoms with Gasteiger partial charge in [-0.05, 0) is 162 Å². The summed E-state index contributed by atoms with van der Waals surface area (Å²) in [7, 11) is 0. The first kappa shape index (κ1) is 37.8. The van der Waals surface area contributed by atoms with Gasteiger partial charge in [-0.25, -0.2) is 0 Å². The van der Waals surface area contributed by atoms with Crippen molar-refractivity contribution in [3.05, 3.63) is 168 Å². The number of rotatable bonds is 5. The van der Waals surface area contributed by atoms with Crippen molar-refractivity contribution in [2.24, 2.45) is 0 Å². The van der Waals surface area contributed by atoms with E-state index in [-0.39, 0.29) is 10.8 Å². The molecule has 0 aliphatic heterocycles. The molecule has 0 unspecified atom stereocenters. The van der Waals surface area contributed by atoms with Gasteiger partial charge in [0.15, 0.2) is 0 Å². The van der Waals surface area contributed by atoms with Crippen LogP contribution in [0.25, 0.3) is 87.2 Å². The molecule has 0 bridgehead atoms. The molecule has 9 rings (SSSR count). The molecule has 0 atom stereocenters. The molecule has 288 valence electrons. The lowest BCUT2D eigenvalue weighted by Gasteiger charge is -2.25. The Kier molecular flexibility index (Phi) is 9.12. The van der Waals surface area contributed by atoms with E-state index < -0.39 is 0 Å². The molecule has 0 aliphatic rings. The summed E-state index contributed by atoms with van der Waals surface area (Å²) in [4.78, 5) is 0. The molecule has 58 heavy (non-hydrogen) atoms. The van der Waals surface area contributed by atoms with Crippen LogP contribution in [-0.4, -0.2) is 0 Å². The van der Waals surface area contributed by atoms with Crippen LogP contribution < -0.4 is 0 Å². The molecule has 0 aromatic heterocycles. The topological polar surface area (TPSA) is 0 Å². The van der Waals surface area contributed by atoms with Gasteiger partial charge in [0.05, 0.1) is 0 Å². The third-order valence-electron chi connectivity index (χ3n) is 12.7. The van der Waals surface area contributed by atoms with E-state index >= 15 is 0 Å². The smallest absolute Gasteiger partial charge is 0.00198 e. The van der Waals surface area contributed by atoms with Crippen LogP contribution in [0.4, 0.5) is 0 Å². The number of hydrogen-bond acceptors (Lipinski definition) is 0. The maximum atomic E-state index is 2.50. The Morgan fingerprint density at radius 2 is 0.828 bits per heavy atom. The van der Waals surface area contributed by atoms with Crippen LogP contribution >= 0.6 is 0 Å². The summed E-state index contributed by atoms with van der Waals surface area (Å²) in [6, 6.07) is 56.3. The second-order valence-corrected chi connectivity index (χ2v) is 19.4. The van der Waals surface area contributed by atoms with E-state index in [9.17, 15) is 0 Å². The molecule has 0 fully saturated rings. The van der Waals surface area contributed by atoms with E-state index in [4.69, 9.17) is 0 Å². The first-order valence-electron chi connectivity index (χ1n) is 21.3. The molecule has 0 heteroatoms. The number of fused-ring (bicyclic) bond motifs is 6. The van der Waals surface area contributed by atoms with Crippen molar-refractivity contribution in [3.63, 3.8) is 0 Å². The minimum Gasteiger partial charge on any atom is -0.0616 e. The lowest BCUT2D eigenvalue weighted by atomic mass is 9.78. The van der Waals surface area contributed by atoms with E-state index in [1.54, 1.807) is 0 Å². The molecule has 0 saturated heterocycles.